The quantitative estimate of drug-likeness (QED) is 0.621. The van der Waals surface area contributed by atoms with Crippen LogP contribution in [0.4, 0.5) is 0 Å². The number of piperidine rings is 1. The molecule has 1 atom stereocenters. The second-order valence-corrected chi connectivity index (χ2v) is 6.43. The van der Waals surface area contributed by atoms with Crippen LogP contribution in [0.2, 0.25) is 0 Å². The van der Waals surface area contributed by atoms with Crippen LogP contribution in [0.1, 0.15) is 31.7 Å². The van der Waals surface area contributed by atoms with Gasteiger partial charge in [-0.15, -0.1) is 0 Å². The number of hydrogen-bond acceptors (Lipinski definition) is 4. The van der Waals surface area contributed by atoms with Gasteiger partial charge < -0.3 is 15.0 Å². The zero-order valence-corrected chi connectivity index (χ0v) is 15.4. The molecule has 2 rings (SSSR count). The summed E-state index contributed by atoms with van der Waals surface area (Å²) in [6.45, 7) is 6.27. The van der Waals surface area contributed by atoms with E-state index in [2.05, 4.69) is 11.9 Å². The van der Waals surface area contributed by atoms with E-state index in [0.717, 1.165) is 5.56 Å². The van der Waals surface area contributed by atoms with Gasteiger partial charge >= 0.3 is 5.97 Å². The number of rotatable bonds is 6. The largest absolute Gasteiger partial charge is 0.467 e. The van der Waals surface area contributed by atoms with Crippen LogP contribution in [-0.2, 0) is 24.5 Å². The molecule has 1 aromatic rings. The van der Waals surface area contributed by atoms with E-state index in [1.54, 1.807) is 4.90 Å². The standard InChI is InChI=1S/C20H26N2O4/c1-4-16(18(24)26-3)21-19(25)20(15-9-7-6-8-10-15)11-13-22(14-12-20)17(23)5-2/h5-10,16H,2,4,11-14H2,1,3H3,(H,21,25)/t16-/m0/s1. The van der Waals surface area contributed by atoms with E-state index in [0.29, 0.717) is 32.4 Å². The molecule has 0 aromatic heterocycles. The minimum atomic E-state index is -0.777. The van der Waals surface area contributed by atoms with Gasteiger partial charge in [0.1, 0.15) is 6.04 Å². The number of methoxy groups -OCH3 is 1. The summed E-state index contributed by atoms with van der Waals surface area (Å²) in [7, 11) is 1.31. The molecular weight excluding hydrogens is 332 g/mol. The number of carbonyl (C=O) groups excluding carboxylic acids is 3. The first-order valence-corrected chi connectivity index (χ1v) is 8.84. The molecule has 0 aliphatic carbocycles. The molecule has 6 nitrogen and oxygen atoms in total. The van der Waals surface area contributed by atoms with Gasteiger partial charge in [0, 0.05) is 13.1 Å². The minimum absolute atomic E-state index is 0.131. The molecule has 1 heterocycles. The lowest BCUT2D eigenvalue weighted by atomic mass is 9.71. The Morgan fingerprint density at radius 3 is 2.38 bits per heavy atom. The van der Waals surface area contributed by atoms with Gasteiger partial charge in [0.05, 0.1) is 12.5 Å². The lowest BCUT2D eigenvalue weighted by Gasteiger charge is -2.41. The predicted molar refractivity (Wildman–Crippen MR) is 98.4 cm³/mol. The molecule has 1 N–H and O–H groups in total. The van der Waals surface area contributed by atoms with E-state index in [9.17, 15) is 14.4 Å². The monoisotopic (exact) mass is 358 g/mol. The summed E-state index contributed by atoms with van der Waals surface area (Å²) in [6, 6.07) is 8.84. The van der Waals surface area contributed by atoms with Crippen LogP contribution in [0.25, 0.3) is 0 Å². The van der Waals surface area contributed by atoms with Gasteiger partial charge in [0.2, 0.25) is 11.8 Å². The van der Waals surface area contributed by atoms with Gasteiger partial charge in [0.25, 0.3) is 0 Å². The highest BCUT2D eigenvalue weighted by Gasteiger charge is 2.44. The number of benzene rings is 1. The molecule has 0 radical (unpaired) electrons. The summed E-state index contributed by atoms with van der Waals surface area (Å²) in [5.41, 5.74) is 0.114. The van der Waals surface area contributed by atoms with E-state index in [1.807, 2.05) is 37.3 Å². The third-order valence-corrected chi connectivity index (χ3v) is 5.06. The SMILES string of the molecule is C=CC(=O)N1CCC(C(=O)N[C@@H](CC)C(=O)OC)(c2ccccc2)CC1. The number of ether oxygens (including phenoxy) is 1. The second-order valence-electron chi connectivity index (χ2n) is 6.43. The highest BCUT2D eigenvalue weighted by Crippen LogP contribution is 2.36. The highest BCUT2D eigenvalue weighted by molar-refractivity contribution is 5.92. The average Bonchev–Trinajstić information content (AvgIpc) is 2.71. The average molecular weight is 358 g/mol. The summed E-state index contributed by atoms with van der Waals surface area (Å²) < 4.78 is 4.78. The Morgan fingerprint density at radius 1 is 1.27 bits per heavy atom. The maximum atomic E-state index is 13.2. The molecule has 1 fully saturated rings. The highest BCUT2D eigenvalue weighted by atomic mass is 16.5. The Morgan fingerprint density at radius 2 is 1.88 bits per heavy atom. The second kappa shape index (κ2) is 8.65. The summed E-state index contributed by atoms with van der Waals surface area (Å²) in [4.78, 5) is 38.7. The van der Waals surface area contributed by atoms with Gasteiger partial charge in [-0.05, 0) is 30.9 Å². The number of amides is 2. The van der Waals surface area contributed by atoms with Gasteiger partial charge in [-0.3, -0.25) is 9.59 Å². The van der Waals surface area contributed by atoms with Gasteiger partial charge in [-0.1, -0.05) is 43.8 Å². The molecule has 0 spiro atoms. The number of hydrogen-bond donors (Lipinski definition) is 1. The summed E-state index contributed by atoms with van der Waals surface area (Å²) in [5.74, 6) is -0.789. The summed E-state index contributed by atoms with van der Waals surface area (Å²) in [5, 5.41) is 2.85. The van der Waals surface area contributed by atoms with Crippen LogP contribution < -0.4 is 5.32 Å². The number of nitrogens with one attached hydrogen (secondary N) is 1. The Hall–Kier alpha value is -2.63. The fourth-order valence-electron chi connectivity index (χ4n) is 3.41. The molecule has 1 aliphatic heterocycles. The van der Waals surface area contributed by atoms with E-state index in [1.165, 1.54) is 13.2 Å². The van der Waals surface area contributed by atoms with Crippen LogP contribution in [0.3, 0.4) is 0 Å². The number of esters is 1. The van der Waals surface area contributed by atoms with E-state index < -0.39 is 17.4 Å². The predicted octanol–water partition coefficient (Wildman–Crippen LogP) is 1.80. The van der Waals surface area contributed by atoms with Gasteiger partial charge in [-0.25, -0.2) is 4.79 Å². The van der Waals surface area contributed by atoms with E-state index >= 15 is 0 Å². The fourth-order valence-corrected chi connectivity index (χ4v) is 3.41. The summed E-state index contributed by atoms with van der Waals surface area (Å²) in [6.07, 6.45) is 2.71. The lowest BCUT2D eigenvalue weighted by Crippen LogP contribution is -2.55. The third kappa shape index (κ3) is 3.95. The number of nitrogens with zero attached hydrogens (tertiary/aromatic N) is 1. The Bertz CT molecular complexity index is 664. The van der Waals surface area contributed by atoms with Gasteiger partial charge in [0.15, 0.2) is 0 Å². The van der Waals surface area contributed by atoms with Crippen LogP contribution in [0.5, 0.6) is 0 Å². The molecular formula is C20H26N2O4. The molecule has 2 amide bonds. The van der Waals surface area contributed by atoms with E-state index in [-0.39, 0.29) is 11.8 Å². The van der Waals surface area contributed by atoms with Crippen molar-refractivity contribution in [2.45, 2.75) is 37.6 Å². The molecule has 1 aliphatic rings. The van der Waals surface area contributed by atoms with Crippen molar-refractivity contribution in [2.24, 2.45) is 0 Å². The third-order valence-electron chi connectivity index (χ3n) is 5.06. The first-order chi connectivity index (χ1) is 12.5. The van der Waals surface area contributed by atoms with Crippen molar-refractivity contribution in [3.05, 3.63) is 48.6 Å². The molecule has 6 heteroatoms. The topological polar surface area (TPSA) is 75.7 Å². The zero-order valence-electron chi connectivity index (χ0n) is 15.4. The van der Waals surface area contributed by atoms with Crippen LogP contribution >= 0.6 is 0 Å². The molecule has 140 valence electrons. The van der Waals surface area contributed by atoms with Crippen molar-refractivity contribution < 1.29 is 19.1 Å². The van der Waals surface area contributed by atoms with Crippen molar-refractivity contribution in [1.82, 2.24) is 10.2 Å². The molecule has 0 unspecified atom stereocenters. The van der Waals surface area contributed by atoms with Crippen molar-refractivity contribution >= 4 is 17.8 Å². The normalized spacial score (nSPS) is 17.1. The van der Waals surface area contributed by atoms with Crippen LogP contribution in [0.15, 0.2) is 43.0 Å². The maximum absolute atomic E-state index is 13.2. The molecule has 1 saturated heterocycles. The van der Waals surface area contributed by atoms with Crippen molar-refractivity contribution in [3.8, 4) is 0 Å². The maximum Gasteiger partial charge on any atom is 0.328 e. The van der Waals surface area contributed by atoms with E-state index in [4.69, 9.17) is 4.74 Å². The lowest BCUT2D eigenvalue weighted by molar-refractivity contribution is -0.146. The Balaban J connectivity index is 2.28. The Labute approximate surface area is 154 Å². The van der Waals surface area contributed by atoms with Crippen molar-refractivity contribution in [1.29, 1.82) is 0 Å². The van der Waals surface area contributed by atoms with Crippen LogP contribution in [-0.4, -0.2) is 48.9 Å². The smallest absolute Gasteiger partial charge is 0.328 e. The Kier molecular flexibility index (Phi) is 6.55. The first-order valence-electron chi connectivity index (χ1n) is 8.84. The molecule has 0 bridgehead atoms. The fraction of sp³-hybridized carbons (Fsp3) is 0.450. The first kappa shape index (κ1) is 19.7. The molecule has 26 heavy (non-hydrogen) atoms. The van der Waals surface area contributed by atoms with Crippen LogP contribution in [0, 0.1) is 0 Å². The molecule has 0 saturated carbocycles. The molecule has 1 aromatic carbocycles. The van der Waals surface area contributed by atoms with Gasteiger partial charge in [-0.2, -0.15) is 0 Å². The van der Waals surface area contributed by atoms with Crippen molar-refractivity contribution in [2.75, 3.05) is 20.2 Å². The summed E-state index contributed by atoms with van der Waals surface area (Å²) >= 11 is 0. The minimum Gasteiger partial charge on any atom is -0.467 e. The van der Waals surface area contributed by atoms with Crippen molar-refractivity contribution in [3.63, 3.8) is 0 Å². The zero-order chi connectivity index (χ0) is 19.2. The number of carbonyl (C=O) groups is 3. The number of likely N-dealkylation sites (tertiary alicyclic amines) is 1.